The van der Waals surface area contributed by atoms with Crippen molar-refractivity contribution in [2.45, 2.75) is 134 Å². The Morgan fingerprint density at radius 1 is 0.484 bits per heavy atom. The van der Waals surface area contributed by atoms with E-state index in [4.69, 9.17) is 0 Å². The summed E-state index contributed by atoms with van der Waals surface area (Å²) in [4.78, 5) is 0. The van der Waals surface area contributed by atoms with Crippen molar-refractivity contribution in [3.8, 4) is 0 Å². The Morgan fingerprint density at radius 3 is 1.16 bits per heavy atom. The van der Waals surface area contributed by atoms with Gasteiger partial charge in [0.2, 0.25) is 0 Å². The summed E-state index contributed by atoms with van der Waals surface area (Å²) < 4.78 is 0. The van der Waals surface area contributed by atoms with Crippen molar-refractivity contribution in [3.05, 3.63) is 58.2 Å². The highest BCUT2D eigenvalue weighted by Gasteiger charge is 2.09. The zero-order valence-electron chi connectivity index (χ0n) is 22.0. The van der Waals surface area contributed by atoms with Crippen LogP contribution in [-0.2, 0) is 0 Å². The van der Waals surface area contributed by atoms with Crippen molar-refractivity contribution in [2.24, 2.45) is 5.41 Å². The SMILES string of the molecule is C.CC(C)=CCC/C(C)=C/CC/C(C)=C/CC/C=C(\C)CC/C=C(\C)CCC(C)(C)C. The highest BCUT2D eigenvalue weighted by atomic mass is 14.1. The summed E-state index contributed by atoms with van der Waals surface area (Å²) in [5, 5.41) is 0. The van der Waals surface area contributed by atoms with Gasteiger partial charge in [0, 0.05) is 0 Å². The van der Waals surface area contributed by atoms with E-state index < -0.39 is 0 Å². The van der Waals surface area contributed by atoms with E-state index in [0.29, 0.717) is 5.41 Å². The molecule has 0 aromatic heterocycles. The Balaban J connectivity index is 0. The van der Waals surface area contributed by atoms with Crippen molar-refractivity contribution < 1.29 is 0 Å². The molecule has 0 atom stereocenters. The lowest BCUT2D eigenvalue weighted by Gasteiger charge is -2.17. The normalized spacial score (nSPS) is 13.8. The van der Waals surface area contributed by atoms with Crippen LogP contribution in [0.3, 0.4) is 0 Å². The molecule has 180 valence electrons. The van der Waals surface area contributed by atoms with Crippen LogP contribution in [0.4, 0.5) is 0 Å². The predicted octanol–water partition coefficient (Wildman–Crippen LogP) is 11.3. The molecule has 0 radical (unpaired) electrons. The zero-order valence-corrected chi connectivity index (χ0v) is 22.0. The van der Waals surface area contributed by atoms with Crippen LogP contribution in [0.1, 0.15) is 134 Å². The van der Waals surface area contributed by atoms with Gasteiger partial charge in [-0.25, -0.2) is 0 Å². The number of unbranched alkanes of at least 4 members (excludes halogenated alkanes) is 1. The van der Waals surface area contributed by atoms with E-state index >= 15 is 0 Å². The van der Waals surface area contributed by atoms with Gasteiger partial charge in [-0.3, -0.25) is 0 Å². The number of hydrogen-bond donors (Lipinski definition) is 0. The maximum Gasteiger partial charge on any atom is -0.0288 e. The van der Waals surface area contributed by atoms with E-state index in [1.807, 2.05) is 0 Å². The summed E-state index contributed by atoms with van der Waals surface area (Å²) in [5.74, 6) is 0. The van der Waals surface area contributed by atoms with E-state index in [0.717, 1.165) is 0 Å². The molecule has 0 aliphatic rings. The maximum absolute atomic E-state index is 2.45. The molecule has 0 aromatic carbocycles. The van der Waals surface area contributed by atoms with Crippen molar-refractivity contribution >= 4 is 0 Å². The van der Waals surface area contributed by atoms with Crippen LogP contribution in [-0.4, -0.2) is 0 Å². The van der Waals surface area contributed by atoms with Gasteiger partial charge in [0.25, 0.3) is 0 Å². The van der Waals surface area contributed by atoms with E-state index in [2.05, 4.69) is 92.7 Å². The molecule has 0 aromatic rings. The molecule has 0 heterocycles. The Kier molecular flexibility index (Phi) is 18.8. The third-order valence-corrected chi connectivity index (χ3v) is 5.58. The zero-order chi connectivity index (χ0) is 23.0. The van der Waals surface area contributed by atoms with Gasteiger partial charge in [-0.2, -0.15) is 0 Å². The standard InChI is InChI=1S/C30H52.CH4/c1-25(2)15-12-18-28(5)21-13-19-26(3)16-10-11-17-27(4)20-14-22-29(6)23-24-30(7,8)9;/h15-17,21-22H,10-14,18-20,23-24H2,1-9H3;1H4/b26-16+,27-17+,28-21+,29-22+;. The molecule has 0 spiro atoms. The van der Waals surface area contributed by atoms with Gasteiger partial charge in [-0.05, 0) is 111 Å². The molecular formula is C31H56. The van der Waals surface area contributed by atoms with Gasteiger partial charge in [0.05, 0.1) is 0 Å². The van der Waals surface area contributed by atoms with Crippen LogP contribution in [0, 0.1) is 5.41 Å². The number of allylic oxidation sites excluding steroid dienone is 10. The third kappa shape index (κ3) is 23.2. The first-order valence-electron chi connectivity index (χ1n) is 12.3. The summed E-state index contributed by atoms with van der Waals surface area (Å²) in [6.45, 7) is 20.5. The summed E-state index contributed by atoms with van der Waals surface area (Å²) in [6.07, 6.45) is 24.1. The fraction of sp³-hybridized carbons (Fsp3) is 0.677. The highest BCUT2D eigenvalue weighted by molar-refractivity contribution is 5.07. The topological polar surface area (TPSA) is 0 Å². The van der Waals surface area contributed by atoms with Gasteiger partial charge in [-0.1, -0.05) is 86.4 Å². The van der Waals surface area contributed by atoms with Crippen LogP contribution in [0.2, 0.25) is 0 Å². The molecule has 0 fully saturated rings. The second-order valence-electron chi connectivity index (χ2n) is 10.7. The minimum absolute atomic E-state index is 0. The Bertz CT molecular complexity index is 607. The number of rotatable bonds is 14. The Morgan fingerprint density at radius 2 is 0.806 bits per heavy atom. The lowest BCUT2D eigenvalue weighted by molar-refractivity contribution is 0.377. The van der Waals surface area contributed by atoms with Crippen LogP contribution < -0.4 is 0 Å². The Hall–Kier alpha value is -1.30. The summed E-state index contributed by atoms with van der Waals surface area (Å²) in [6, 6.07) is 0. The second-order valence-corrected chi connectivity index (χ2v) is 10.7. The summed E-state index contributed by atoms with van der Waals surface area (Å²) in [5.41, 5.74) is 8.02. The number of hydrogen-bond acceptors (Lipinski definition) is 0. The minimum Gasteiger partial charge on any atom is -0.0856 e. The summed E-state index contributed by atoms with van der Waals surface area (Å²) in [7, 11) is 0. The molecule has 0 nitrogen and oxygen atoms in total. The van der Waals surface area contributed by atoms with Gasteiger partial charge >= 0.3 is 0 Å². The molecular weight excluding hydrogens is 372 g/mol. The third-order valence-electron chi connectivity index (χ3n) is 5.58. The predicted molar refractivity (Wildman–Crippen MR) is 147 cm³/mol. The van der Waals surface area contributed by atoms with Gasteiger partial charge < -0.3 is 0 Å². The van der Waals surface area contributed by atoms with Crippen LogP contribution in [0.25, 0.3) is 0 Å². The van der Waals surface area contributed by atoms with Gasteiger partial charge in [0.1, 0.15) is 0 Å². The largest absolute Gasteiger partial charge is 0.0856 e. The maximum atomic E-state index is 2.45. The first-order valence-corrected chi connectivity index (χ1v) is 12.3. The minimum atomic E-state index is 0. The molecule has 0 N–H and O–H groups in total. The second kappa shape index (κ2) is 18.3. The van der Waals surface area contributed by atoms with Crippen LogP contribution >= 0.6 is 0 Å². The van der Waals surface area contributed by atoms with Crippen molar-refractivity contribution in [2.75, 3.05) is 0 Å². The smallest absolute Gasteiger partial charge is 0.0288 e. The first-order chi connectivity index (χ1) is 14.0. The average molecular weight is 429 g/mol. The fourth-order valence-electron chi connectivity index (χ4n) is 3.32. The molecule has 0 aliphatic carbocycles. The highest BCUT2D eigenvalue weighted by Crippen LogP contribution is 2.23. The lowest BCUT2D eigenvalue weighted by Crippen LogP contribution is -2.04. The molecule has 0 saturated carbocycles. The van der Waals surface area contributed by atoms with E-state index in [9.17, 15) is 0 Å². The molecule has 0 bridgehead atoms. The van der Waals surface area contributed by atoms with Gasteiger partial charge in [-0.15, -0.1) is 0 Å². The van der Waals surface area contributed by atoms with E-state index in [-0.39, 0.29) is 7.43 Å². The molecule has 0 heteroatoms. The summed E-state index contributed by atoms with van der Waals surface area (Å²) >= 11 is 0. The molecule has 0 unspecified atom stereocenters. The molecule has 0 aliphatic heterocycles. The fourth-order valence-corrected chi connectivity index (χ4v) is 3.32. The molecule has 31 heavy (non-hydrogen) atoms. The molecule has 0 rings (SSSR count). The van der Waals surface area contributed by atoms with Crippen molar-refractivity contribution in [1.29, 1.82) is 0 Å². The molecule has 0 amide bonds. The van der Waals surface area contributed by atoms with Crippen molar-refractivity contribution in [3.63, 3.8) is 0 Å². The van der Waals surface area contributed by atoms with Gasteiger partial charge in [0.15, 0.2) is 0 Å². The van der Waals surface area contributed by atoms with Crippen molar-refractivity contribution in [1.82, 2.24) is 0 Å². The van der Waals surface area contributed by atoms with Crippen LogP contribution in [0.15, 0.2) is 58.2 Å². The van der Waals surface area contributed by atoms with E-state index in [1.54, 1.807) is 5.57 Å². The monoisotopic (exact) mass is 428 g/mol. The quantitative estimate of drug-likeness (QED) is 0.190. The Labute approximate surface area is 197 Å². The van der Waals surface area contributed by atoms with Crippen LogP contribution in [0.5, 0.6) is 0 Å². The lowest BCUT2D eigenvalue weighted by atomic mass is 9.88. The molecule has 0 saturated heterocycles. The average Bonchev–Trinajstić information content (AvgIpc) is 2.62. The first kappa shape index (κ1) is 31.9. The van der Waals surface area contributed by atoms with E-state index in [1.165, 1.54) is 86.5 Å².